The summed E-state index contributed by atoms with van der Waals surface area (Å²) in [5, 5.41) is 13.9. The summed E-state index contributed by atoms with van der Waals surface area (Å²) < 4.78 is 36.6. The molecule has 0 saturated heterocycles. The molecule has 0 atom stereocenters. The molecule has 1 aromatic rings. The van der Waals surface area contributed by atoms with Crippen LogP contribution >= 0.6 is 11.8 Å². The van der Waals surface area contributed by atoms with Gasteiger partial charge >= 0.3 is 12.1 Å². The SMILES string of the molecule is Nn1c(SCC(=O)O)nnc1C(F)(F)F. The fourth-order valence-corrected chi connectivity index (χ4v) is 1.27. The Kier molecular flexibility index (Phi) is 3.07. The minimum Gasteiger partial charge on any atom is -0.481 e. The van der Waals surface area contributed by atoms with Gasteiger partial charge in [-0.3, -0.25) is 4.79 Å². The van der Waals surface area contributed by atoms with E-state index in [-0.39, 0.29) is 9.83 Å². The number of aliphatic carboxylic acids is 1. The van der Waals surface area contributed by atoms with Crippen molar-refractivity contribution in [1.82, 2.24) is 14.9 Å². The molecule has 10 heteroatoms. The number of thioether (sulfide) groups is 1. The van der Waals surface area contributed by atoms with Crippen molar-refractivity contribution >= 4 is 17.7 Å². The Labute approximate surface area is 85.2 Å². The lowest BCUT2D eigenvalue weighted by molar-refractivity contribution is -0.146. The number of nitrogens with two attached hydrogens (primary N) is 1. The van der Waals surface area contributed by atoms with Gasteiger partial charge in [-0.2, -0.15) is 13.2 Å². The van der Waals surface area contributed by atoms with Crippen LogP contribution in [0.4, 0.5) is 13.2 Å². The maximum absolute atomic E-state index is 12.1. The quantitative estimate of drug-likeness (QED) is 0.580. The van der Waals surface area contributed by atoms with Crippen LogP contribution < -0.4 is 5.84 Å². The molecular weight excluding hydrogens is 237 g/mol. The Morgan fingerprint density at radius 1 is 1.53 bits per heavy atom. The molecule has 84 valence electrons. The number of carboxylic acids is 1. The van der Waals surface area contributed by atoms with Gasteiger partial charge in [0.15, 0.2) is 0 Å². The highest BCUT2D eigenvalue weighted by Crippen LogP contribution is 2.28. The molecule has 0 bridgehead atoms. The van der Waals surface area contributed by atoms with Gasteiger partial charge in [0.1, 0.15) is 0 Å². The fourth-order valence-electron chi connectivity index (χ4n) is 0.695. The van der Waals surface area contributed by atoms with Crippen LogP contribution in [-0.2, 0) is 11.0 Å². The van der Waals surface area contributed by atoms with Crippen LogP contribution in [0.25, 0.3) is 0 Å². The summed E-state index contributed by atoms with van der Waals surface area (Å²) >= 11 is 0.557. The predicted octanol–water partition coefficient (Wildman–Crippen LogP) is 0.187. The van der Waals surface area contributed by atoms with E-state index >= 15 is 0 Å². The first-order chi connectivity index (χ1) is 6.82. The number of halogens is 3. The van der Waals surface area contributed by atoms with E-state index in [1.807, 2.05) is 0 Å². The highest BCUT2D eigenvalue weighted by atomic mass is 32.2. The van der Waals surface area contributed by atoms with E-state index in [2.05, 4.69) is 10.2 Å². The maximum atomic E-state index is 12.1. The van der Waals surface area contributed by atoms with Crippen LogP contribution in [0.2, 0.25) is 0 Å². The molecular formula is C5H5F3N4O2S. The van der Waals surface area contributed by atoms with Gasteiger partial charge in [-0.1, -0.05) is 11.8 Å². The Bertz CT molecular complexity index is 377. The van der Waals surface area contributed by atoms with Crippen LogP contribution in [0.3, 0.4) is 0 Å². The summed E-state index contributed by atoms with van der Waals surface area (Å²) in [6.45, 7) is 0. The normalized spacial score (nSPS) is 11.7. The van der Waals surface area contributed by atoms with Gasteiger partial charge in [0.2, 0.25) is 5.16 Å². The fraction of sp³-hybridized carbons (Fsp3) is 0.400. The highest BCUT2D eigenvalue weighted by Gasteiger charge is 2.38. The number of nitrogens with zero attached hydrogens (tertiary/aromatic N) is 3. The van der Waals surface area contributed by atoms with Crippen LogP contribution in [0.15, 0.2) is 5.16 Å². The zero-order chi connectivity index (χ0) is 11.6. The van der Waals surface area contributed by atoms with Crippen molar-refractivity contribution in [2.45, 2.75) is 11.3 Å². The lowest BCUT2D eigenvalue weighted by atomic mass is 10.6. The summed E-state index contributed by atoms with van der Waals surface area (Å²) in [5.74, 6) is 2.05. The number of carboxylic acid groups (broad SMARTS) is 1. The van der Waals surface area contributed by atoms with E-state index < -0.39 is 23.7 Å². The Balaban J connectivity index is 2.85. The van der Waals surface area contributed by atoms with Crippen LogP contribution in [0.1, 0.15) is 5.82 Å². The average molecular weight is 242 g/mol. The van der Waals surface area contributed by atoms with Gasteiger partial charge in [-0.15, -0.1) is 10.2 Å². The lowest BCUT2D eigenvalue weighted by Gasteiger charge is -2.04. The average Bonchev–Trinajstić information content (AvgIpc) is 2.42. The Hall–Kier alpha value is -1.45. The van der Waals surface area contributed by atoms with Gasteiger partial charge in [-0.05, 0) is 0 Å². The molecule has 0 amide bonds. The molecule has 0 aliphatic carbocycles. The molecule has 6 nitrogen and oxygen atoms in total. The van der Waals surface area contributed by atoms with Crippen molar-refractivity contribution in [3.63, 3.8) is 0 Å². The van der Waals surface area contributed by atoms with E-state index in [1.165, 1.54) is 0 Å². The van der Waals surface area contributed by atoms with Gasteiger partial charge in [0.05, 0.1) is 5.75 Å². The number of alkyl halides is 3. The third kappa shape index (κ3) is 2.75. The second kappa shape index (κ2) is 3.96. The van der Waals surface area contributed by atoms with Crippen molar-refractivity contribution in [2.24, 2.45) is 0 Å². The minimum absolute atomic E-state index is 0.216. The highest BCUT2D eigenvalue weighted by molar-refractivity contribution is 7.99. The monoisotopic (exact) mass is 242 g/mol. The molecule has 0 radical (unpaired) electrons. The van der Waals surface area contributed by atoms with Crippen molar-refractivity contribution in [3.05, 3.63) is 5.82 Å². The van der Waals surface area contributed by atoms with Crippen molar-refractivity contribution in [1.29, 1.82) is 0 Å². The molecule has 1 aromatic heterocycles. The number of hydrogen-bond donors (Lipinski definition) is 2. The second-order valence-corrected chi connectivity index (χ2v) is 3.30. The number of aromatic nitrogens is 3. The molecule has 0 unspecified atom stereocenters. The van der Waals surface area contributed by atoms with Gasteiger partial charge in [-0.25, -0.2) is 4.68 Å². The number of hydrogen-bond acceptors (Lipinski definition) is 5. The molecule has 3 N–H and O–H groups in total. The first-order valence-electron chi connectivity index (χ1n) is 3.44. The molecule has 0 aromatic carbocycles. The third-order valence-electron chi connectivity index (χ3n) is 1.24. The predicted molar refractivity (Wildman–Crippen MR) is 43.5 cm³/mol. The second-order valence-electron chi connectivity index (χ2n) is 2.36. The summed E-state index contributed by atoms with van der Waals surface area (Å²) in [4.78, 5) is 10.1. The number of carbonyl (C=O) groups is 1. The molecule has 1 heterocycles. The number of nitrogen functional groups attached to an aromatic ring is 1. The van der Waals surface area contributed by atoms with Crippen LogP contribution in [0, 0.1) is 0 Å². The molecule has 0 saturated carbocycles. The Morgan fingerprint density at radius 3 is 2.53 bits per heavy atom. The van der Waals surface area contributed by atoms with E-state index in [4.69, 9.17) is 10.9 Å². The molecule has 0 fully saturated rings. The first-order valence-corrected chi connectivity index (χ1v) is 4.43. The van der Waals surface area contributed by atoms with E-state index in [0.717, 1.165) is 0 Å². The minimum atomic E-state index is -4.70. The lowest BCUT2D eigenvalue weighted by Crippen LogP contribution is -2.21. The molecule has 15 heavy (non-hydrogen) atoms. The first kappa shape index (κ1) is 11.6. The molecule has 1 rings (SSSR count). The van der Waals surface area contributed by atoms with E-state index in [9.17, 15) is 18.0 Å². The van der Waals surface area contributed by atoms with Gasteiger partial charge < -0.3 is 10.9 Å². The van der Waals surface area contributed by atoms with Crippen LogP contribution in [-0.4, -0.2) is 31.7 Å². The van der Waals surface area contributed by atoms with E-state index in [0.29, 0.717) is 11.8 Å². The van der Waals surface area contributed by atoms with Gasteiger partial charge in [0.25, 0.3) is 5.82 Å². The topological polar surface area (TPSA) is 94.0 Å². The summed E-state index contributed by atoms with van der Waals surface area (Å²) in [6, 6.07) is 0. The van der Waals surface area contributed by atoms with Crippen molar-refractivity contribution < 1.29 is 23.1 Å². The zero-order valence-electron chi connectivity index (χ0n) is 7.02. The number of rotatable bonds is 3. The largest absolute Gasteiger partial charge is 0.481 e. The summed E-state index contributed by atoms with van der Waals surface area (Å²) in [7, 11) is 0. The molecule has 0 spiro atoms. The maximum Gasteiger partial charge on any atom is 0.453 e. The third-order valence-corrected chi connectivity index (χ3v) is 2.17. The summed E-state index contributed by atoms with van der Waals surface area (Å²) in [5.41, 5.74) is 0. The smallest absolute Gasteiger partial charge is 0.453 e. The Morgan fingerprint density at radius 2 is 2.13 bits per heavy atom. The molecule has 0 aliphatic rings. The standard InChI is InChI=1S/C5H5F3N4O2S/c6-5(7,8)3-10-11-4(12(3)9)15-1-2(13)14/h1,9H2,(H,13,14). The summed E-state index contributed by atoms with van der Waals surface area (Å²) in [6.07, 6.45) is -4.70. The van der Waals surface area contributed by atoms with Crippen molar-refractivity contribution in [2.75, 3.05) is 11.6 Å². The zero-order valence-corrected chi connectivity index (χ0v) is 7.84. The van der Waals surface area contributed by atoms with E-state index in [1.54, 1.807) is 0 Å². The van der Waals surface area contributed by atoms with Crippen molar-refractivity contribution in [3.8, 4) is 0 Å². The molecule has 0 aliphatic heterocycles. The van der Waals surface area contributed by atoms with Gasteiger partial charge in [0, 0.05) is 0 Å². The van der Waals surface area contributed by atoms with Crippen LogP contribution in [0.5, 0.6) is 0 Å².